The molecule has 0 aliphatic carbocycles. The van der Waals surface area contributed by atoms with Gasteiger partial charge in [-0.1, -0.05) is 30.3 Å². The highest BCUT2D eigenvalue weighted by Crippen LogP contribution is 2.29. The predicted molar refractivity (Wildman–Crippen MR) is 138 cm³/mol. The topological polar surface area (TPSA) is 184 Å². The number of rotatable bonds is 6. The van der Waals surface area contributed by atoms with Crippen molar-refractivity contribution in [1.29, 1.82) is 0 Å². The number of amides is 4. The molecule has 2 aromatic rings. The minimum Gasteiger partial charge on any atom is -0.387 e. The molecule has 2 fully saturated rings. The van der Waals surface area contributed by atoms with E-state index < -0.39 is 42.2 Å². The zero-order valence-corrected chi connectivity index (χ0v) is 21.7. The van der Waals surface area contributed by atoms with Gasteiger partial charge in [-0.05, 0) is 11.6 Å². The molecular formula is C25H33N7O7. The molecule has 1 aromatic carbocycles. The average Bonchev–Trinajstić information content (AvgIpc) is 3.22. The Morgan fingerprint density at radius 1 is 1.08 bits per heavy atom. The summed E-state index contributed by atoms with van der Waals surface area (Å²) in [6.07, 6.45) is -4.83. The summed E-state index contributed by atoms with van der Waals surface area (Å²) in [6, 6.07) is 9.26. The van der Waals surface area contributed by atoms with Gasteiger partial charge in [-0.15, -0.1) is 0 Å². The monoisotopic (exact) mass is 543 g/mol. The van der Waals surface area contributed by atoms with E-state index in [0.717, 1.165) is 10.1 Å². The molecule has 4 rings (SSSR count). The highest BCUT2D eigenvalue weighted by atomic mass is 16.6. The van der Waals surface area contributed by atoms with Crippen LogP contribution in [0.4, 0.5) is 10.6 Å². The van der Waals surface area contributed by atoms with Crippen molar-refractivity contribution in [3.8, 4) is 0 Å². The maximum absolute atomic E-state index is 13.6. The van der Waals surface area contributed by atoms with Crippen molar-refractivity contribution in [2.24, 2.45) is 0 Å². The van der Waals surface area contributed by atoms with Gasteiger partial charge in [-0.2, -0.15) is 4.98 Å². The zero-order chi connectivity index (χ0) is 28.3. The third-order valence-electron chi connectivity index (χ3n) is 6.76. The lowest BCUT2D eigenvalue weighted by molar-refractivity contribution is -0.144. The molecule has 0 unspecified atom stereocenters. The Bertz CT molecular complexity index is 1250. The molecule has 210 valence electrons. The number of nitrogens with zero attached hydrogens (tertiary/aromatic N) is 5. The van der Waals surface area contributed by atoms with E-state index in [1.54, 1.807) is 23.9 Å². The number of hydrogen-bond acceptors (Lipinski definition) is 9. The van der Waals surface area contributed by atoms with Gasteiger partial charge in [0.1, 0.15) is 24.1 Å². The third kappa shape index (κ3) is 6.19. The van der Waals surface area contributed by atoms with Crippen LogP contribution in [-0.2, 0) is 20.7 Å². The minimum absolute atomic E-state index is 0.0345. The largest absolute Gasteiger partial charge is 0.387 e. The summed E-state index contributed by atoms with van der Waals surface area (Å²) < 4.78 is 6.52. The van der Waals surface area contributed by atoms with Crippen molar-refractivity contribution in [2.75, 3.05) is 46.0 Å². The van der Waals surface area contributed by atoms with Crippen LogP contribution in [0.5, 0.6) is 0 Å². The number of hydrogen-bond donors (Lipinski definition) is 4. The molecule has 0 spiro atoms. The van der Waals surface area contributed by atoms with E-state index in [-0.39, 0.29) is 37.3 Å². The molecule has 5 atom stereocenters. The number of anilines is 1. The van der Waals surface area contributed by atoms with Gasteiger partial charge in [0.25, 0.3) is 5.91 Å². The maximum atomic E-state index is 13.6. The Kier molecular flexibility index (Phi) is 8.47. The van der Waals surface area contributed by atoms with Crippen molar-refractivity contribution in [2.45, 2.75) is 37.0 Å². The number of nitrogens with one attached hydrogen (secondary N) is 1. The molecule has 4 amide bonds. The molecule has 3 heterocycles. The quantitative estimate of drug-likeness (QED) is 0.320. The van der Waals surface area contributed by atoms with Crippen LogP contribution in [0.1, 0.15) is 11.8 Å². The van der Waals surface area contributed by atoms with Crippen molar-refractivity contribution in [3.05, 3.63) is 58.6 Å². The lowest BCUT2D eigenvalue weighted by Crippen LogP contribution is -2.58. The molecule has 2 aliphatic rings. The smallest absolute Gasteiger partial charge is 0.351 e. The second-order valence-corrected chi connectivity index (χ2v) is 9.71. The number of aliphatic hydroxyl groups is 2. The summed E-state index contributed by atoms with van der Waals surface area (Å²) in [5.41, 5.74) is 5.48. The molecule has 0 bridgehead atoms. The number of aromatic nitrogens is 2. The zero-order valence-electron chi connectivity index (χ0n) is 21.7. The van der Waals surface area contributed by atoms with E-state index in [1.807, 2.05) is 30.3 Å². The summed E-state index contributed by atoms with van der Waals surface area (Å²) in [5.74, 6) is -1.21. The van der Waals surface area contributed by atoms with Gasteiger partial charge in [0.15, 0.2) is 12.3 Å². The number of urea groups is 1. The average molecular weight is 544 g/mol. The third-order valence-corrected chi connectivity index (χ3v) is 6.76. The molecular weight excluding hydrogens is 510 g/mol. The van der Waals surface area contributed by atoms with Crippen LogP contribution >= 0.6 is 0 Å². The number of nitrogen functional groups attached to an aromatic ring is 1. The van der Waals surface area contributed by atoms with E-state index in [1.165, 1.54) is 17.2 Å². The first kappa shape index (κ1) is 28.0. The minimum atomic E-state index is -1.67. The molecule has 0 saturated carbocycles. The van der Waals surface area contributed by atoms with Gasteiger partial charge in [-0.25, -0.2) is 9.59 Å². The fourth-order valence-corrected chi connectivity index (χ4v) is 4.65. The maximum Gasteiger partial charge on any atom is 0.351 e. The molecule has 39 heavy (non-hydrogen) atoms. The molecule has 14 heteroatoms. The first-order valence-corrected chi connectivity index (χ1v) is 12.5. The molecule has 1 aromatic heterocycles. The second-order valence-electron chi connectivity index (χ2n) is 9.71. The fourth-order valence-electron chi connectivity index (χ4n) is 4.65. The van der Waals surface area contributed by atoms with Crippen molar-refractivity contribution >= 4 is 23.7 Å². The van der Waals surface area contributed by atoms with Crippen LogP contribution in [0, 0.1) is 0 Å². The van der Waals surface area contributed by atoms with Crippen molar-refractivity contribution in [1.82, 2.24) is 29.6 Å². The molecule has 14 nitrogen and oxygen atoms in total. The van der Waals surface area contributed by atoms with Gasteiger partial charge in [0.2, 0.25) is 5.91 Å². The van der Waals surface area contributed by atoms with Gasteiger partial charge >= 0.3 is 11.7 Å². The Balaban J connectivity index is 1.49. The SMILES string of the molecule is CN(C)C(=O)N1CCN(C(=O)[C@@H](Cc2ccccc2)NC(=O)[C@H]2O[C@@H](n3ccc(N)nc3=O)[C@H](O)[C@@H]2O)CC1. The standard InChI is InChI=1S/C25H33N7O7/c1-29(2)25(38)31-12-10-30(11-13-31)22(36)16(14-15-6-4-3-5-7-15)27-21(35)20-18(33)19(34)23(39-20)32-9-8-17(26)28-24(32)37/h3-9,16,18-20,23,33-34H,10-14H2,1-2H3,(H,27,35)(H2,26,28,37)/t16-,18+,19-,20+,23-/m1/s1. The van der Waals surface area contributed by atoms with Crippen LogP contribution in [0.3, 0.4) is 0 Å². The molecule has 2 saturated heterocycles. The number of piperazine rings is 1. The van der Waals surface area contributed by atoms with Crippen LogP contribution in [-0.4, -0.2) is 117 Å². The Hall–Kier alpha value is -4.01. The lowest BCUT2D eigenvalue weighted by Gasteiger charge is -2.37. The molecule has 0 radical (unpaired) electrons. The number of carbonyl (C=O) groups excluding carboxylic acids is 3. The Morgan fingerprint density at radius 2 is 1.72 bits per heavy atom. The van der Waals surface area contributed by atoms with Gasteiger partial charge in [0.05, 0.1) is 0 Å². The Morgan fingerprint density at radius 3 is 2.33 bits per heavy atom. The number of aliphatic hydroxyl groups excluding tert-OH is 2. The molecule has 2 aliphatic heterocycles. The first-order chi connectivity index (χ1) is 18.6. The van der Waals surface area contributed by atoms with Crippen LogP contribution in [0.25, 0.3) is 0 Å². The highest BCUT2D eigenvalue weighted by molar-refractivity contribution is 5.90. The molecule has 5 N–H and O–H groups in total. The van der Waals surface area contributed by atoms with Gasteiger partial charge in [0, 0.05) is 52.9 Å². The summed E-state index contributed by atoms with van der Waals surface area (Å²) in [7, 11) is 3.32. The normalized spacial score (nSPS) is 23.8. The van der Waals surface area contributed by atoms with Crippen molar-refractivity contribution in [3.63, 3.8) is 0 Å². The number of nitrogens with two attached hydrogens (primary N) is 1. The van der Waals surface area contributed by atoms with Crippen LogP contribution in [0.2, 0.25) is 0 Å². The summed E-state index contributed by atoms with van der Waals surface area (Å²) >= 11 is 0. The van der Waals surface area contributed by atoms with E-state index in [2.05, 4.69) is 10.3 Å². The number of benzene rings is 1. The van der Waals surface area contributed by atoms with E-state index in [4.69, 9.17) is 10.5 Å². The highest BCUT2D eigenvalue weighted by Gasteiger charge is 2.48. The van der Waals surface area contributed by atoms with Crippen molar-refractivity contribution < 1.29 is 29.3 Å². The summed E-state index contributed by atoms with van der Waals surface area (Å²) in [5, 5.41) is 23.8. The van der Waals surface area contributed by atoms with E-state index in [0.29, 0.717) is 13.1 Å². The van der Waals surface area contributed by atoms with Gasteiger partial charge < -0.3 is 40.7 Å². The number of carbonyl (C=O) groups is 3. The van der Waals surface area contributed by atoms with Crippen LogP contribution in [0.15, 0.2) is 47.4 Å². The van der Waals surface area contributed by atoms with Gasteiger partial charge in [-0.3, -0.25) is 14.2 Å². The number of ether oxygens (including phenoxy) is 1. The Labute approximate surface area is 224 Å². The van der Waals surface area contributed by atoms with E-state index >= 15 is 0 Å². The summed E-state index contributed by atoms with van der Waals surface area (Å²) in [6.45, 7) is 1.26. The lowest BCUT2D eigenvalue weighted by atomic mass is 10.0. The van der Waals surface area contributed by atoms with Crippen LogP contribution < -0.4 is 16.7 Å². The summed E-state index contributed by atoms with van der Waals surface area (Å²) in [4.78, 5) is 59.6. The fraction of sp³-hybridized carbons (Fsp3) is 0.480. The second kappa shape index (κ2) is 11.8. The van der Waals surface area contributed by atoms with E-state index in [9.17, 15) is 29.4 Å². The first-order valence-electron chi connectivity index (χ1n) is 12.5. The predicted octanol–water partition coefficient (Wildman–Crippen LogP) is -2.00.